The third kappa shape index (κ3) is 4.29. The molecule has 3 fully saturated rings. The highest BCUT2D eigenvalue weighted by molar-refractivity contribution is 5.95. The highest BCUT2D eigenvalue weighted by atomic mass is 19.3. The Morgan fingerprint density at radius 3 is 2.45 bits per heavy atom. The van der Waals surface area contributed by atoms with Crippen LogP contribution in [0.15, 0.2) is 12.1 Å². The van der Waals surface area contributed by atoms with Gasteiger partial charge < -0.3 is 14.5 Å². The van der Waals surface area contributed by atoms with Crippen molar-refractivity contribution in [3.8, 4) is 0 Å². The van der Waals surface area contributed by atoms with Crippen LogP contribution < -0.4 is 5.32 Å². The zero-order valence-corrected chi connectivity index (χ0v) is 20.1. The van der Waals surface area contributed by atoms with Crippen LogP contribution in [0.5, 0.6) is 0 Å². The van der Waals surface area contributed by atoms with E-state index in [1.807, 2.05) is 19.1 Å². The number of carbonyl (C=O) groups is 1. The summed E-state index contributed by atoms with van der Waals surface area (Å²) in [5.74, 6) is -2.35. The van der Waals surface area contributed by atoms with Crippen molar-refractivity contribution in [2.45, 2.75) is 90.0 Å². The summed E-state index contributed by atoms with van der Waals surface area (Å²) < 4.78 is 34.8. The second kappa shape index (κ2) is 7.76. The third-order valence-corrected chi connectivity index (χ3v) is 7.80. The summed E-state index contributed by atoms with van der Waals surface area (Å²) in [6.45, 7) is 10.0. The molecule has 0 atom stereocenters. The van der Waals surface area contributed by atoms with Crippen molar-refractivity contribution in [3.63, 3.8) is 0 Å². The highest BCUT2D eigenvalue weighted by Crippen LogP contribution is 2.47. The minimum Gasteiger partial charge on any atom is -0.380 e. The van der Waals surface area contributed by atoms with E-state index in [-0.39, 0.29) is 36.1 Å². The topological polar surface area (TPSA) is 55.6 Å². The van der Waals surface area contributed by atoms with Gasteiger partial charge in [-0.05, 0) is 57.1 Å². The number of carbonyl (C=O) groups excluding carboxylic acids is 1. The number of alkyl halides is 2. The van der Waals surface area contributed by atoms with Crippen molar-refractivity contribution in [2.75, 3.05) is 13.2 Å². The molecule has 0 aromatic carbocycles. The molecule has 1 amide bonds. The van der Waals surface area contributed by atoms with Gasteiger partial charge in [-0.25, -0.2) is 13.8 Å². The number of aryl methyl sites for hydroxylation is 1. The molecule has 2 aromatic heterocycles. The van der Waals surface area contributed by atoms with Gasteiger partial charge in [0, 0.05) is 46.7 Å². The molecule has 5 nitrogen and oxygen atoms in total. The Balaban J connectivity index is 1.40. The summed E-state index contributed by atoms with van der Waals surface area (Å²) in [7, 11) is 0. The average Bonchev–Trinajstić information content (AvgIpc) is 3.03. The molecule has 2 aliphatic carbocycles. The Hall–Kier alpha value is -2.02. The first-order chi connectivity index (χ1) is 15.4. The number of rotatable bonds is 4. The molecule has 7 heteroatoms. The van der Waals surface area contributed by atoms with Crippen LogP contribution in [-0.4, -0.2) is 40.5 Å². The van der Waals surface area contributed by atoms with Crippen LogP contribution in [0, 0.1) is 18.3 Å². The Bertz CT molecular complexity index is 1060. The molecule has 5 rings (SSSR count). The molecule has 1 N–H and O–H groups in total. The number of hydrogen-bond acceptors (Lipinski definition) is 3. The third-order valence-electron chi connectivity index (χ3n) is 7.80. The molecular formula is C26H35F2N3O2. The summed E-state index contributed by atoms with van der Waals surface area (Å²) in [6, 6.07) is 4.01. The normalized spacial score (nSPS) is 22.8. The van der Waals surface area contributed by atoms with Crippen LogP contribution in [0.3, 0.4) is 0 Å². The van der Waals surface area contributed by atoms with Crippen molar-refractivity contribution in [1.82, 2.24) is 14.7 Å². The Morgan fingerprint density at radius 1 is 1.21 bits per heavy atom. The number of hydrogen-bond donors (Lipinski definition) is 1. The van der Waals surface area contributed by atoms with Crippen LogP contribution in [-0.2, 0) is 16.6 Å². The number of halogens is 2. The number of amides is 1. The van der Waals surface area contributed by atoms with Crippen LogP contribution in [0.4, 0.5) is 8.78 Å². The monoisotopic (exact) mass is 459 g/mol. The van der Waals surface area contributed by atoms with E-state index >= 15 is 0 Å². The molecular weight excluding hydrogens is 424 g/mol. The number of fused-ring (bicyclic) bond motifs is 1. The highest BCUT2D eigenvalue weighted by Gasteiger charge is 2.50. The largest absolute Gasteiger partial charge is 0.380 e. The summed E-state index contributed by atoms with van der Waals surface area (Å²) >= 11 is 0. The Morgan fingerprint density at radius 2 is 1.88 bits per heavy atom. The van der Waals surface area contributed by atoms with E-state index in [0.717, 1.165) is 55.2 Å². The maximum absolute atomic E-state index is 13.7. The summed E-state index contributed by atoms with van der Waals surface area (Å²) in [6.07, 6.45) is 3.73. The Labute approximate surface area is 194 Å². The van der Waals surface area contributed by atoms with Crippen molar-refractivity contribution in [3.05, 3.63) is 34.8 Å². The minimum atomic E-state index is -2.52. The quantitative estimate of drug-likeness (QED) is 0.682. The molecule has 33 heavy (non-hydrogen) atoms. The molecule has 0 unspecified atom stereocenters. The molecule has 1 aliphatic heterocycles. The van der Waals surface area contributed by atoms with Gasteiger partial charge in [-0.2, -0.15) is 0 Å². The van der Waals surface area contributed by atoms with Gasteiger partial charge in [-0.15, -0.1) is 0 Å². The number of nitrogens with zero attached hydrogens (tertiary/aromatic N) is 2. The molecule has 180 valence electrons. The number of pyridine rings is 1. The van der Waals surface area contributed by atoms with Gasteiger partial charge >= 0.3 is 0 Å². The van der Waals surface area contributed by atoms with Gasteiger partial charge in [0.1, 0.15) is 5.65 Å². The van der Waals surface area contributed by atoms with Gasteiger partial charge in [0.15, 0.2) is 0 Å². The number of imidazole rings is 1. The summed E-state index contributed by atoms with van der Waals surface area (Å²) in [4.78, 5) is 17.9. The maximum Gasteiger partial charge on any atom is 0.251 e. The van der Waals surface area contributed by atoms with Crippen LogP contribution >= 0.6 is 0 Å². The number of aromatic nitrogens is 2. The van der Waals surface area contributed by atoms with Crippen LogP contribution in [0.2, 0.25) is 0 Å². The molecule has 2 saturated carbocycles. The smallest absolute Gasteiger partial charge is 0.251 e. The van der Waals surface area contributed by atoms with Gasteiger partial charge in [0.2, 0.25) is 5.92 Å². The zero-order valence-electron chi connectivity index (χ0n) is 20.1. The van der Waals surface area contributed by atoms with Crippen molar-refractivity contribution < 1.29 is 18.3 Å². The lowest BCUT2D eigenvalue weighted by Crippen LogP contribution is -2.59. The molecule has 0 bridgehead atoms. The fraction of sp³-hybridized carbons (Fsp3) is 0.692. The van der Waals surface area contributed by atoms with Crippen molar-refractivity contribution in [1.29, 1.82) is 0 Å². The predicted molar refractivity (Wildman–Crippen MR) is 123 cm³/mol. The first kappa shape index (κ1) is 22.8. The molecule has 2 aromatic rings. The van der Waals surface area contributed by atoms with Crippen LogP contribution in [0.1, 0.15) is 86.7 Å². The second-order valence-electron chi connectivity index (χ2n) is 11.8. The van der Waals surface area contributed by atoms with E-state index in [9.17, 15) is 13.6 Å². The standard InChI is InChI=1S/C26H35F2N3O2/c1-16-9-18(23(32)29-19-12-25(13-19)14-33-15-25)11-21-30-22(24(2,3)4)20(31(16)21)10-17-5-7-26(27,28)8-6-17/h9,11,17,19H,5-8,10,12-15H2,1-4H3,(H,29,32). The lowest BCUT2D eigenvalue weighted by molar-refractivity contribution is -0.165. The molecule has 0 radical (unpaired) electrons. The second-order valence-corrected chi connectivity index (χ2v) is 11.8. The minimum absolute atomic E-state index is 0.0306. The van der Waals surface area contributed by atoms with E-state index in [1.165, 1.54) is 0 Å². The summed E-state index contributed by atoms with van der Waals surface area (Å²) in [5, 5.41) is 3.17. The first-order valence-electron chi connectivity index (χ1n) is 12.2. The SMILES string of the molecule is Cc1cc(C(=O)NC2CC3(COC3)C2)cc2nc(C(C)(C)C)c(CC3CCC(F)(F)CC3)n12. The van der Waals surface area contributed by atoms with Gasteiger partial charge in [0.05, 0.1) is 18.9 Å². The van der Waals surface area contributed by atoms with Crippen LogP contribution in [0.25, 0.3) is 5.65 Å². The molecule has 1 saturated heterocycles. The Kier molecular flexibility index (Phi) is 5.35. The van der Waals surface area contributed by atoms with E-state index in [1.54, 1.807) is 0 Å². The maximum atomic E-state index is 13.7. The van der Waals surface area contributed by atoms with E-state index in [0.29, 0.717) is 23.8 Å². The number of ether oxygens (including phenoxy) is 1. The fourth-order valence-electron chi connectivity index (χ4n) is 5.91. The molecule has 3 aliphatic rings. The first-order valence-corrected chi connectivity index (χ1v) is 12.2. The van der Waals surface area contributed by atoms with Crippen molar-refractivity contribution >= 4 is 11.6 Å². The lowest BCUT2D eigenvalue weighted by Gasteiger charge is -2.53. The van der Waals surface area contributed by atoms with Gasteiger partial charge in [-0.3, -0.25) is 4.79 Å². The van der Waals surface area contributed by atoms with Gasteiger partial charge in [0.25, 0.3) is 5.91 Å². The molecule has 1 spiro atoms. The summed E-state index contributed by atoms with van der Waals surface area (Å²) in [5.41, 5.74) is 4.56. The number of nitrogens with one attached hydrogen (secondary N) is 1. The average molecular weight is 460 g/mol. The fourth-order valence-corrected chi connectivity index (χ4v) is 5.91. The van der Waals surface area contributed by atoms with E-state index < -0.39 is 5.92 Å². The lowest BCUT2D eigenvalue weighted by atomic mass is 9.64. The molecule has 3 heterocycles. The predicted octanol–water partition coefficient (Wildman–Crippen LogP) is 5.22. The van der Waals surface area contributed by atoms with E-state index in [4.69, 9.17) is 9.72 Å². The van der Waals surface area contributed by atoms with Gasteiger partial charge in [-0.1, -0.05) is 20.8 Å². The van der Waals surface area contributed by atoms with E-state index in [2.05, 4.69) is 30.5 Å². The zero-order chi connectivity index (χ0) is 23.6. The van der Waals surface area contributed by atoms with Crippen molar-refractivity contribution in [2.24, 2.45) is 11.3 Å².